The van der Waals surface area contributed by atoms with Crippen LogP contribution in [0.4, 0.5) is 0 Å². The molecule has 8 heteroatoms. The van der Waals surface area contributed by atoms with Gasteiger partial charge in [-0.3, -0.25) is 0 Å². The number of benzene rings is 1. The van der Waals surface area contributed by atoms with Crippen LogP contribution in [0.3, 0.4) is 0 Å². The summed E-state index contributed by atoms with van der Waals surface area (Å²) in [6.45, 7) is 3.03. The molecule has 0 radical (unpaired) electrons. The number of piperidine rings is 1. The van der Waals surface area contributed by atoms with Gasteiger partial charge >= 0.3 is 0 Å². The van der Waals surface area contributed by atoms with Gasteiger partial charge in [-0.2, -0.15) is 5.26 Å². The fourth-order valence-electron chi connectivity index (χ4n) is 6.41. The van der Waals surface area contributed by atoms with Crippen LogP contribution in [0, 0.1) is 23.3 Å². The zero-order chi connectivity index (χ0) is 27.4. The first-order chi connectivity index (χ1) is 18.4. The maximum atomic E-state index is 12.2. The first kappa shape index (κ1) is 30.7. The molecule has 0 aromatic heterocycles. The van der Waals surface area contributed by atoms with Crippen LogP contribution in [0.15, 0.2) is 29.3 Å². The van der Waals surface area contributed by atoms with E-state index in [1.807, 2.05) is 30.5 Å². The highest BCUT2D eigenvalue weighted by Crippen LogP contribution is 2.40. The van der Waals surface area contributed by atoms with Crippen molar-refractivity contribution >= 4 is 17.6 Å². The molecule has 1 saturated heterocycles. The number of hydrogen-bond acceptors (Lipinski definition) is 5. The fraction of sp³-hybridized carbons (Fsp3) is 0.733. The van der Waals surface area contributed by atoms with E-state index in [2.05, 4.69) is 34.2 Å². The maximum absolute atomic E-state index is 12.2. The third kappa shape index (κ3) is 9.12. The van der Waals surface area contributed by atoms with Crippen LogP contribution in [0.2, 0.25) is 5.02 Å². The van der Waals surface area contributed by atoms with Crippen molar-refractivity contribution in [1.29, 1.82) is 5.26 Å². The lowest BCUT2D eigenvalue weighted by Gasteiger charge is -2.44. The molecule has 0 spiro atoms. The molecule has 3 atom stereocenters. The van der Waals surface area contributed by atoms with Crippen molar-refractivity contribution in [3.05, 3.63) is 34.9 Å². The molecule has 212 valence electrons. The number of nitriles is 1. The summed E-state index contributed by atoms with van der Waals surface area (Å²) in [5.74, 6) is 1.36. The van der Waals surface area contributed by atoms with E-state index in [1.165, 1.54) is 32.1 Å². The molecular formula is C30H48ClN5O2. The number of rotatable bonds is 12. The third-order valence-electron chi connectivity index (χ3n) is 8.29. The molecule has 0 unspecified atom stereocenters. The van der Waals surface area contributed by atoms with Crippen LogP contribution < -0.4 is 5.32 Å². The van der Waals surface area contributed by atoms with Crippen molar-refractivity contribution < 1.29 is 9.84 Å². The molecule has 7 nitrogen and oxygen atoms in total. The molecule has 1 aromatic carbocycles. The van der Waals surface area contributed by atoms with E-state index in [0.29, 0.717) is 30.6 Å². The Morgan fingerprint density at radius 3 is 2.74 bits per heavy atom. The molecule has 2 fully saturated rings. The number of hydrogen-bond donors (Lipinski definition) is 2. The number of ether oxygens (including phenoxy) is 1. The number of likely N-dealkylation sites (N-methyl/N-ethyl adjacent to an activating group) is 1. The second-order valence-corrected chi connectivity index (χ2v) is 12.0. The number of likely N-dealkylation sites (tertiary alicyclic amines) is 1. The van der Waals surface area contributed by atoms with E-state index in [1.54, 1.807) is 7.11 Å². The lowest BCUT2D eigenvalue weighted by atomic mass is 9.74. The summed E-state index contributed by atoms with van der Waals surface area (Å²) in [5.41, 5.74) is -0.149. The molecular weight excluding hydrogens is 498 g/mol. The van der Waals surface area contributed by atoms with Gasteiger partial charge in [-0.1, -0.05) is 55.8 Å². The van der Waals surface area contributed by atoms with Crippen LogP contribution >= 0.6 is 11.6 Å². The molecule has 3 rings (SSSR count). The Labute approximate surface area is 235 Å². The first-order valence-corrected chi connectivity index (χ1v) is 14.8. The minimum absolute atomic E-state index is 0.00593. The highest BCUT2D eigenvalue weighted by atomic mass is 35.5. The van der Waals surface area contributed by atoms with Crippen LogP contribution in [-0.4, -0.2) is 74.4 Å². The van der Waals surface area contributed by atoms with Gasteiger partial charge in [0.05, 0.1) is 5.60 Å². The molecule has 2 N–H and O–H groups in total. The molecule has 1 aromatic rings. The van der Waals surface area contributed by atoms with Gasteiger partial charge in [0.2, 0.25) is 12.2 Å². The van der Waals surface area contributed by atoms with Crippen LogP contribution in [0.1, 0.15) is 76.2 Å². The largest absolute Gasteiger partial charge is 0.385 e. The number of aliphatic imine (C=N–C) groups is 1. The monoisotopic (exact) mass is 545 g/mol. The summed E-state index contributed by atoms with van der Waals surface area (Å²) in [4.78, 5) is 8.67. The smallest absolute Gasteiger partial charge is 0.210 e. The van der Waals surface area contributed by atoms with Gasteiger partial charge in [0.15, 0.2) is 0 Å². The Kier molecular flexibility index (Phi) is 12.7. The molecule has 1 heterocycles. The van der Waals surface area contributed by atoms with Gasteiger partial charge in [0, 0.05) is 50.3 Å². The first-order valence-electron chi connectivity index (χ1n) is 14.5. The fourth-order valence-corrected chi connectivity index (χ4v) is 6.60. The Morgan fingerprint density at radius 1 is 1.26 bits per heavy atom. The van der Waals surface area contributed by atoms with Gasteiger partial charge < -0.3 is 25.0 Å². The normalized spacial score (nSPS) is 21.7. The predicted molar refractivity (Wildman–Crippen MR) is 155 cm³/mol. The van der Waals surface area contributed by atoms with E-state index in [0.717, 1.165) is 56.7 Å². The lowest BCUT2D eigenvalue weighted by molar-refractivity contribution is -0.0543. The summed E-state index contributed by atoms with van der Waals surface area (Å²) in [5, 5.41) is 26.1. The zero-order valence-corrected chi connectivity index (χ0v) is 24.4. The molecule has 38 heavy (non-hydrogen) atoms. The van der Waals surface area contributed by atoms with E-state index >= 15 is 0 Å². The zero-order valence-electron chi connectivity index (χ0n) is 23.7. The van der Waals surface area contributed by atoms with E-state index in [9.17, 15) is 10.4 Å². The predicted octanol–water partition coefficient (Wildman–Crippen LogP) is 5.38. The van der Waals surface area contributed by atoms with Crippen LogP contribution in [-0.2, 0) is 10.3 Å². The minimum atomic E-state index is -1.01. The highest BCUT2D eigenvalue weighted by Gasteiger charge is 2.41. The summed E-state index contributed by atoms with van der Waals surface area (Å²) in [7, 11) is 5.91. The Hall–Kier alpha value is -1.85. The van der Waals surface area contributed by atoms with Crippen molar-refractivity contribution in [3.8, 4) is 6.19 Å². The Balaban J connectivity index is 1.78. The lowest BCUT2D eigenvalue weighted by Crippen LogP contribution is -2.54. The van der Waals surface area contributed by atoms with E-state index in [4.69, 9.17) is 16.3 Å². The van der Waals surface area contributed by atoms with Crippen molar-refractivity contribution in [3.63, 3.8) is 0 Å². The highest BCUT2D eigenvalue weighted by molar-refractivity contribution is 6.30. The van der Waals surface area contributed by atoms with Crippen LogP contribution in [0.25, 0.3) is 0 Å². The van der Waals surface area contributed by atoms with Crippen molar-refractivity contribution in [2.24, 2.45) is 16.8 Å². The number of methoxy groups -OCH3 is 1. The van der Waals surface area contributed by atoms with E-state index in [-0.39, 0.29) is 12.0 Å². The number of halogens is 1. The average Bonchev–Trinajstić information content (AvgIpc) is 2.91. The Morgan fingerprint density at radius 2 is 2.05 bits per heavy atom. The number of guanidine groups is 1. The number of nitrogens with one attached hydrogen (secondary N) is 1. The van der Waals surface area contributed by atoms with Gasteiger partial charge in [0.1, 0.15) is 0 Å². The standard InChI is InChI=1S/C30H48ClN5O2/c1-35(2)22-28(19-24-11-5-4-6-12-24)34-29(33-23-32)36-17-10-14-26(21-36)30(37,16-7-8-18-38-3)25-13-9-15-27(31)20-25/h9,13,15,20,24,26,28,37H,4-8,10-12,14,16-19,21-22H2,1-3H3,(H,33,34)/t26-,28+,30-/m1/s1. The van der Waals surface area contributed by atoms with Gasteiger partial charge in [-0.25, -0.2) is 0 Å². The number of aliphatic hydroxyl groups is 1. The summed E-state index contributed by atoms with van der Waals surface area (Å²) in [6.07, 6.45) is 13.9. The average molecular weight is 546 g/mol. The number of unbranched alkanes of at least 4 members (excludes halogenated alkanes) is 1. The van der Waals surface area contributed by atoms with Crippen molar-refractivity contribution in [2.45, 2.75) is 82.3 Å². The summed E-state index contributed by atoms with van der Waals surface area (Å²) >= 11 is 6.36. The third-order valence-corrected chi connectivity index (χ3v) is 8.53. The van der Waals surface area contributed by atoms with Gasteiger partial charge in [-0.15, -0.1) is 4.99 Å². The number of nitrogens with zero attached hydrogens (tertiary/aromatic N) is 4. The molecule has 0 amide bonds. The topological polar surface area (TPSA) is 84.1 Å². The molecule has 2 aliphatic rings. The minimum Gasteiger partial charge on any atom is -0.385 e. The molecule has 1 saturated carbocycles. The molecule has 1 aliphatic carbocycles. The van der Waals surface area contributed by atoms with Crippen molar-refractivity contribution in [2.75, 3.05) is 47.4 Å². The summed E-state index contributed by atoms with van der Waals surface area (Å²) < 4.78 is 5.25. The molecule has 1 aliphatic heterocycles. The van der Waals surface area contributed by atoms with Crippen LogP contribution in [0.5, 0.6) is 0 Å². The van der Waals surface area contributed by atoms with Crippen molar-refractivity contribution in [1.82, 2.24) is 15.1 Å². The second kappa shape index (κ2) is 15.7. The molecule has 0 bridgehead atoms. The quantitative estimate of drug-likeness (QED) is 0.159. The summed E-state index contributed by atoms with van der Waals surface area (Å²) in [6, 6.07) is 7.88. The van der Waals surface area contributed by atoms with Gasteiger partial charge in [0.25, 0.3) is 0 Å². The maximum Gasteiger partial charge on any atom is 0.210 e. The second-order valence-electron chi connectivity index (χ2n) is 11.5. The Bertz CT molecular complexity index is 914. The SMILES string of the molecule is COCCCC[C@@](O)(c1cccc(Cl)c1)[C@@H]1CCCN(/C(=N\C#N)N[C@@H](CC2CCCCC2)CN(C)C)C1. The van der Waals surface area contributed by atoms with Gasteiger partial charge in [-0.05, 0) is 76.2 Å². The van der Waals surface area contributed by atoms with E-state index < -0.39 is 5.60 Å².